The summed E-state index contributed by atoms with van der Waals surface area (Å²) in [4.78, 5) is 23.4. The molecule has 0 radical (unpaired) electrons. The summed E-state index contributed by atoms with van der Waals surface area (Å²) in [6, 6.07) is 12.1. The Morgan fingerprint density at radius 2 is 1.71 bits per heavy atom. The number of amides is 1. The summed E-state index contributed by atoms with van der Waals surface area (Å²) in [6.45, 7) is 11.4. The SMILES string of the molecule is COc1ccc([N+](=O)[O-])cc1NC(=O)c1ccc(Cc2cc3c(cc2C)C(C)(C)CCC3(C)C)o1. The summed E-state index contributed by atoms with van der Waals surface area (Å²) in [5, 5.41) is 13.8. The van der Waals surface area contributed by atoms with Crippen molar-refractivity contribution in [1.82, 2.24) is 0 Å². The molecule has 0 spiro atoms. The third-order valence-electron chi connectivity index (χ3n) is 7.20. The van der Waals surface area contributed by atoms with Crippen LogP contribution in [0.1, 0.15) is 79.1 Å². The highest BCUT2D eigenvalue weighted by atomic mass is 16.6. The number of methoxy groups -OCH3 is 1. The molecule has 0 aliphatic heterocycles. The van der Waals surface area contributed by atoms with Gasteiger partial charge in [0.05, 0.1) is 17.7 Å². The first-order valence-corrected chi connectivity index (χ1v) is 11.8. The van der Waals surface area contributed by atoms with Crippen molar-refractivity contribution in [2.45, 2.75) is 64.7 Å². The Hall–Kier alpha value is -3.61. The van der Waals surface area contributed by atoms with E-state index < -0.39 is 10.8 Å². The number of carbonyl (C=O) groups is 1. The van der Waals surface area contributed by atoms with E-state index in [0.717, 1.165) is 12.8 Å². The number of carbonyl (C=O) groups excluding carboxylic acids is 1. The molecule has 1 aliphatic carbocycles. The highest BCUT2D eigenvalue weighted by Gasteiger charge is 2.37. The van der Waals surface area contributed by atoms with Crippen molar-refractivity contribution in [2.75, 3.05) is 12.4 Å². The van der Waals surface area contributed by atoms with Gasteiger partial charge in [-0.3, -0.25) is 14.9 Å². The summed E-state index contributed by atoms with van der Waals surface area (Å²) < 4.78 is 11.1. The molecule has 7 nitrogen and oxygen atoms in total. The number of nitrogens with zero attached hydrogens (tertiary/aromatic N) is 1. The third kappa shape index (κ3) is 4.81. The van der Waals surface area contributed by atoms with Crippen molar-refractivity contribution in [3.05, 3.63) is 86.4 Å². The first-order chi connectivity index (χ1) is 16.4. The number of nitro groups is 1. The first-order valence-electron chi connectivity index (χ1n) is 11.8. The lowest BCUT2D eigenvalue weighted by atomic mass is 9.62. The molecule has 4 rings (SSSR count). The largest absolute Gasteiger partial charge is 0.495 e. The van der Waals surface area contributed by atoms with Crippen molar-refractivity contribution in [2.24, 2.45) is 0 Å². The minimum Gasteiger partial charge on any atom is -0.495 e. The number of non-ortho nitro benzene ring substituents is 1. The molecule has 1 N–H and O–H groups in total. The maximum absolute atomic E-state index is 12.8. The van der Waals surface area contributed by atoms with E-state index in [2.05, 4.69) is 52.1 Å². The molecule has 7 heteroatoms. The second-order valence-corrected chi connectivity index (χ2v) is 10.6. The van der Waals surface area contributed by atoms with Crippen molar-refractivity contribution in [1.29, 1.82) is 0 Å². The predicted molar refractivity (Wildman–Crippen MR) is 136 cm³/mol. The number of hydrogen-bond donors (Lipinski definition) is 1. The van der Waals surface area contributed by atoms with E-state index in [-0.39, 0.29) is 28.0 Å². The smallest absolute Gasteiger partial charge is 0.291 e. The van der Waals surface area contributed by atoms with Gasteiger partial charge in [0.2, 0.25) is 0 Å². The quantitative estimate of drug-likeness (QED) is 0.316. The fraction of sp³-hybridized carbons (Fsp3) is 0.393. The van der Waals surface area contributed by atoms with Gasteiger partial charge in [-0.05, 0) is 71.0 Å². The third-order valence-corrected chi connectivity index (χ3v) is 7.20. The molecular weight excluding hydrogens is 444 g/mol. The molecule has 184 valence electrons. The molecule has 0 saturated carbocycles. The highest BCUT2D eigenvalue weighted by molar-refractivity contribution is 6.03. The van der Waals surface area contributed by atoms with E-state index in [1.165, 1.54) is 47.6 Å². The van der Waals surface area contributed by atoms with Crippen LogP contribution < -0.4 is 10.1 Å². The Labute approximate surface area is 205 Å². The molecule has 0 atom stereocenters. The Morgan fingerprint density at radius 1 is 1.06 bits per heavy atom. The van der Waals surface area contributed by atoms with E-state index >= 15 is 0 Å². The second kappa shape index (κ2) is 8.87. The fourth-order valence-electron chi connectivity index (χ4n) is 4.83. The van der Waals surface area contributed by atoms with Gasteiger partial charge in [-0.25, -0.2) is 0 Å². The zero-order chi connectivity index (χ0) is 25.5. The lowest BCUT2D eigenvalue weighted by Gasteiger charge is -2.42. The Bertz CT molecular complexity index is 1300. The minimum absolute atomic E-state index is 0.110. The van der Waals surface area contributed by atoms with Gasteiger partial charge in [0.1, 0.15) is 11.5 Å². The number of nitro benzene ring substituents is 1. The summed E-state index contributed by atoms with van der Waals surface area (Å²) in [6.07, 6.45) is 2.88. The maximum Gasteiger partial charge on any atom is 0.291 e. The summed E-state index contributed by atoms with van der Waals surface area (Å²) in [5.74, 6) is 0.633. The number of ether oxygens (including phenoxy) is 1. The van der Waals surface area contributed by atoms with E-state index in [1.54, 1.807) is 12.1 Å². The molecule has 0 unspecified atom stereocenters. The molecule has 0 saturated heterocycles. The van der Waals surface area contributed by atoms with Crippen molar-refractivity contribution in [3.8, 4) is 5.75 Å². The Morgan fingerprint density at radius 3 is 2.34 bits per heavy atom. The van der Waals surface area contributed by atoms with Crippen LogP contribution >= 0.6 is 0 Å². The van der Waals surface area contributed by atoms with Crippen molar-refractivity contribution < 1.29 is 18.9 Å². The average molecular weight is 477 g/mol. The number of furan rings is 1. The molecule has 1 heterocycles. The molecule has 0 bridgehead atoms. The van der Waals surface area contributed by atoms with Gasteiger partial charge in [0, 0.05) is 18.6 Å². The summed E-state index contributed by atoms with van der Waals surface area (Å²) in [7, 11) is 1.44. The summed E-state index contributed by atoms with van der Waals surface area (Å²) >= 11 is 0. The monoisotopic (exact) mass is 476 g/mol. The van der Waals surface area contributed by atoms with Crippen LogP contribution in [-0.4, -0.2) is 17.9 Å². The van der Waals surface area contributed by atoms with Gasteiger partial charge in [0.15, 0.2) is 5.76 Å². The van der Waals surface area contributed by atoms with Crippen molar-refractivity contribution >= 4 is 17.3 Å². The molecule has 2 aromatic carbocycles. The van der Waals surface area contributed by atoms with Crippen LogP contribution in [0.4, 0.5) is 11.4 Å². The normalized spacial score (nSPS) is 15.8. The van der Waals surface area contributed by atoms with Gasteiger partial charge in [-0.1, -0.05) is 39.8 Å². The number of fused-ring (bicyclic) bond motifs is 1. The van der Waals surface area contributed by atoms with Crippen molar-refractivity contribution in [3.63, 3.8) is 0 Å². The molecule has 0 fully saturated rings. The minimum atomic E-state index is -0.524. The zero-order valence-electron chi connectivity index (χ0n) is 21.2. The van der Waals surface area contributed by atoms with Gasteiger partial charge in [0.25, 0.3) is 11.6 Å². The molecule has 1 aromatic heterocycles. The number of rotatable bonds is 6. The Balaban J connectivity index is 1.57. The molecule has 3 aromatic rings. The van der Waals surface area contributed by atoms with E-state index in [0.29, 0.717) is 17.9 Å². The molecule has 1 aliphatic rings. The second-order valence-electron chi connectivity index (χ2n) is 10.6. The van der Waals surface area contributed by atoms with Crippen LogP contribution in [0.2, 0.25) is 0 Å². The molecular formula is C28H32N2O5. The fourth-order valence-corrected chi connectivity index (χ4v) is 4.83. The van der Waals surface area contributed by atoms with Gasteiger partial charge < -0.3 is 14.5 Å². The first kappa shape index (κ1) is 24.5. The molecule has 35 heavy (non-hydrogen) atoms. The zero-order valence-corrected chi connectivity index (χ0v) is 21.2. The van der Waals surface area contributed by atoms with E-state index in [4.69, 9.17) is 9.15 Å². The number of anilines is 1. The number of benzene rings is 2. The van der Waals surface area contributed by atoms with Gasteiger partial charge >= 0.3 is 0 Å². The maximum atomic E-state index is 12.8. The predicted octanol–water partition coefficient (Wildman–Crippen LogP) is 6.70. The number of aryl methyl sites for hydroxylation is 1. The van der Waals surface area contributed by atoms with Crippen LogP contribution in [-0.2, 0) is 17.3 Å². The lowest BCUT2D eigenvalue weighted by Crippen LogP contribution is -2.34. The number of hydrogen-bond acceptors (Lipinski definition) is 5. The van der Waals surface area contributed by atoms with E-state index in [9.17, 15) is 14.9 Å². The van der Waals surface area contributed by atoms with Crippen LogP contribution in [0.25, 0.3) is 0 Å². The van der Waals surface area contributed by atoms with Crippen LogP contribution in [0.3, 0.4) is 0 Å². The van der Waals surface area contributed by atoms with Gasteiger partial charge in [-0.2, -0.15) is 0 Å². The summed E-state index contributed by atoms with van der Waals surface area (Å²) in [5.41, 5.74) is 5.51. The lowest BCUT2D eigenvalue weighted by molar-refractivity contribution is -0.384. The highest BCUT2D eigenvalue weighted by Crippen LogP contribution is 2.46. The Kier molecular flexibility index (Phi) is 6.21. The van der Waals surface area contributed by atoms with Crippen LogP contribution in [0.5, 0.6) is 5.75 Å². The standard InChI is InChI=1S/C28H32N2O5/c1-17-13-21-22(28(4,5)12-11-27(21,2)3)15-18(17)14-20-8-10-25(35-20)26(31)29-23-16-19(30(32)33)7-9-24(23)34-6/h7-10,13,15-16H,11-12,14H2,1-6H3,(H,29,31). The molecule has 1 amide bonds. The van der Waals surface area contributed by atoms with Crippen LogP contribution in [0, 0.1) is 17.0 Å². The van der Waals surface area contributed by atoms with Gasteiger partial charge in [-0.15, -0.1) is 0 Å². The van der Waals surface area contributed by atoms with E-state index in [1.807, 2.05) is 0 Å². The average Bonchev–Trinajstić information content (AvgIpc) is 3.26. The van der Waals surface area contributed by atoms with Crippen LogP contribution in [0.15, 0.2) is 46.9 Å². The topological polar surface area (TPSA) is 94.6 Å². The number of nitrogens with one attached hydrogen (secondary N) is 1.